The summed E-state index contributed by atoms with van der Waals surface area (Å²) in [7, 11) is -1.43. The first-order valence-electron chi connectivity index (χ1n) is 8.10. The summed E-state index contributed by atoms with van der Waals surface area (Å²) in [5, 5.41) is 10.0. The van der Waals surface area contributed by atoms with E-state index in [9.17, 15) is 9.90 Å². The van der Waals surface area contributed by atoms with E-state index in [1.165, 1.54) is 0 Å². The maximum atomic E-state index is 12.6. The Kier molecular flexibility index (Phi) is 5.74. The molecule has 0 spiro atoms. The molecule has 1 N–H and O–H groups in total. The van der Waals surface area contributed by atoms with Gasteiger partial charge >= 0.3 is 6.09 Å². The lowest BCUT2D eigenvalue weighted by Gasteiger charge is -2.39. The van der Waals surface area contributed by atoms with Gasteiger partial charge in [-0.1, -0.05) is 20.8 Å². The monoisotopic (exact) mass is 331 g/mol. The van der Waals surface area contributed by atoms with Gasteiger partial charge in [0.25, 0.3) is 0 Å². The zero-order valence-electron chi connectivity index (χ0n) is 15.4. The molecule has 1 aliphatic rings. The van der Waals surface area contributed by atoms with Gasteiger partial charge in [-0.25, -0.2) is 4.79 Å². The van der Waals surface area contributed by atoms with Gasteiger partial charge in [-0.2, -0.15) is 0 Å². The van der Waals surface area contributed by atoms with Crippen molar-refractivity contribution in [3.63, 3.8) is 0 Å². The Morgan fingerprint density at radius 2 is 1.82 bits per heavy atom. The molecule has 6 heteroatoms. The molecule has 0 bridgehead atoms. The highest BCUT2D eigenvalue weighted by Gasteiger charge is 2.52. The number of ether oxygens (including phenoxy) is 1. The minimum Gasteiger partial charge on any atom is -0.444 e. The fraction of sp³-hybridized carbons (Fsp3) is 0.938. The van der Waals surface area contributed by atoms with E-state index in [4.69, 9.17) is 9.16 Å². The summed E-state index contributed by atoms with van der Waals surface area (Å²) in [4.78, 5) is 14.2. The molecule has 1 rings (SSSR count). The van der Waals surface area contributed by atoms with Crippen LogP contribution in [0.5, 0.6) is 0 Å². The highest BCUT2D eigenvalue weighted by molar-refractivity contribution is 6.48. The van der Waals surface area contributed by atoms with Crippen LogP contribution in [0.1, 0.15) is 48.0 Å². The van der Waals surface area contributed by atoms with Crippen LogP contribution >= 0.6 is 0 Å². The first-order chi connectivity index (χ1) is 9.81. The molecule has 0 aromatic carbocycles. The third kappa shape index (κ3) is 4.70. The van der Waals surface area contributed by atoms with Crippen LogP contribution in [0.15, 0.2) is 0 Å². The lowest BCUT2D eigenvalue weighted by Crippen LogP contribution is -2.54. The van der Waals surface area contributed by atoms with E-state index < -0.39 is 26.5 Å². The average molecular weight is 332 g/mol. The van der Waals surface area contributed by atoms with Crippen molar-refractivity contribution < 1.29 is 19.1 Å². The third-order valence-corrected chi connectivity index (χ3v) is 4.91. The summed E-state index contributed by atoms with van der Waals surface area (Å²) < 4.78 is 11.7. The minimum absolute atomic E-state index is 0.0408. The molecule has 0 radical (unpaired) electrons. The van der Waals surface area contributed by atoms with Gasteiger partial charge in [0.05, 0.1) is 6.61 Å². The lowest BCUT2D eigenvalue weighted by atomic mass is 9.79. The maximum Gasteiger partial charge on any atom is 0.412 e. The SMILES string of the molecule is C[SiH](C)O[C@@]1(CO)C[C@@H](C(C)(C)C)CN1C(=O)OC(C)(C)C. The Morgan fingerprint density at radius 3 is 2.18 bits per heavy atom. The van der Waals surface area contributed by atoms with E-state index in [1.807, 2.05) is 20.8 Å². The molecule has 0 aliphatic carbocycles. The largest absolute Gasteiger partial charge is 0.444 e. The van der Waals surface area contributed by atoms with Gasteiger partial charge in [0, 0.05) is 13.0 Å². The van der Waals surface area contributed by atoms with E-state index in [-0.39, 0.29) is 17.9 Å². The third-order valence-electron chi connectivity index (χ3n) is 4.00. The van der Waals surface area contributed by atoms with E-state index >= 15 is 0 Å². The van der Waals surface area contributed by atoms with E-state index in [0.29, 0.717) is 13.0 Å². The quantitative estimate of drug-likeness (QED) is 0.808. The summed E-state index contributed by atoms with van der Waals surface area (Å²) >= 11 is 0. The second-order valence-electron chi connectivity index (χ2n) is 8.63. The molecular weight excluding hydrogens is 298 g/mol. The number of rotatable bonds is 3. The Labute approximate surface area is 136 Å². The van der Waals surface area contributed by atoms with E-state index in [1.54, 1.807) is 4.90 Å². The van der Waals surface area contributed by atoms with Crippen molar-refractivity contribution in [3.05, 3.63) is 0 Å². The number of nitrogens with zero attached hydrogens (tertiary/aromatic N) is 1. The Hall–Kier alpha value is -0.593. The minimum atomic E-state index is -1.43. The van der Waals surface area contributed by atoms with Crippen LogP contribution in [0.2, 0.25) is 13.1 Å². The van der Waals surface area contributed by atoms with Gasteiger partial charge in [0.2, 0.25) is 0 Å². The number of aliphatic hydroxyl groups is 1. The molecule has 1 fully saturated rings. The van der Waals surface area contributed by atoms with Crippen LogP contribution < -0.4 is 0 Å². The fourth-order valence-corrected chi connectivity index (χ4v) is 4.00. The number of aliphatic hydroxyl groups excluding tert-OH is 1. The second-order valence-corrected chi connectivity index (χ2v) is 11.0. The van der Waals surface area contributed by atoms with Crippen LogP contribution in [-0.4, -0.2) is 49.6 Å². The lowest BCUT2D eigenvalue weighted by molar-refractivity contribution is -0.0963. The zero-order chi connectivity index (χ0) is 17.3. The standard InChI is InChI=1S/C16H33NO4Si/c1-14(2,3)12-9-16(11-18,21-22(7)8)17(10-12)13(19)20-15(4,5)6/h12,18,22H,9-11H2,1-8H3/t12-,16-/m1/s1. The van der Waals surface area contributed by atoms with E-state index in [0.717, 1.165) is 0 Å². The molecule has 0 saturated carbocycles. The molecule has 0 aromatic heterocycles. The van der Waals surface area contributed by atoms with Gasteiger partial charge in [-0.15, -0.1) is 0 Å². The molecule has 1 aliphatic heterocycles. The Morgan fingerprint density at radius 1 is 1.27 bits per heavy atom. The van der Waals surface area contributed by atoms with Crippen LogP contribution in [0.25, 0.3) is 0 Å². The summed E-state index contributed by atoms with van der Waals surface area (Å²) in [6.45, 7) is 16.5. The van der Waals surface area contributed by atoms with Crippen molar-refractivity contribution in [2.75, 3.05) is 13.2 Å². The molecule has 2 atom stereocenters. The second kappa shape index (κ2) is 6.49. The Bertz CT molecular complexity index is 400. The molecular formula is C16H33NO4Si. The first kappa shape index (κ1) is 19.5. The number of amides is 1. The summed E-state index contributed by atoms with van der Waals surface area (Å²) in [5.74, 6) is 0.264. The van der Waals surface area contributed by atoms with Crippen molar-refractivity contribution in [2.45, 2.75) is 72.4 Å². The highest BCUT2D eigenvalue weighted by Crippen LogP contribution is 2.43. The number of carbonyl (C=O) groups is 1. The molecule has 1 heterocycles. The van der Waals surface area contributed by atoms with Crippen molar-refractivity contribution in [1.29, 1.82) is 0 Å². The molecule has 0 unspecified atom stereocenters. The maximum absolute atomic E-state index is 12.6. The van der Waals surface area contributed by atoms with Gasteiger partial charge in [0.1, 0.15) is 5.60 Å². The van der Waals surface area contributed by atoms with Crippen molar-refractivity contribution in [3.8, 4) is 0 Å². The molecule has 5 nitrogen and oxygen atoms in total. The van der Waals surface area contributed by atoms with Crippen LogP contribution in [0, 0.1) is 11.3 Å². The van der Waals surface area contributed by atoms with E-state index in [2.05, 4.69) is 33.9 Å². The Balaban J connectivity index is 3.09. The van der Waals surface area contributed by atoms with Crippen molar-refractivity contribution >= 4 is 15.1 Å². The molecule has 22 heavy (non-hydrogen) atoms. The molecule has 130 valence electrons. The predicted molar refractivity (Wildman–Crippen MR) is 90.3 cm³/mol. The zero-order valence-corrected chi connectivity index (χ0v) is 16.5. The summed E-state index contributed by atoms with van der Waals surface area (Å²) in [6, 6.07) is 0. The van der Waals surface area contributed by atoms with Gasteiger partial charge in [-0.3, -0.25) is 4.90 Å². The smallest absolute Gasteiger partial charge is 0.412 e. The molecule has 1 amide bonds. The molecule has 0 aromatic rings. The highest BCUT2D eigenvalue weighted by atomic mass is 28.3. The summed E-state index contributed by atoms with van der Waals surface area (Å²) in [5.41, 5.74) is -1.45. The van der Waals surface area contributed by atoms with Crippen molar-refractivity contribution in [2.24, 2.45) is 11.3 Å². The first-order valence-corrected chi connectivity index (χ1v) is 10.9. The van der Waals surface area contributed by atoms with Gasteiger partial charge in [0.15, 0.2) is 14.8 Å². The molecule has 1 saturated heterocycles. The van der Waals surface area contributed by atoms with Gasteiger partial charge < -0.3 is 14.3 Å². The normalized spacial score (nSPS) is 26.6. The fourth-order valence-electron chi connectivity index (χ4n) is 2.82. The van der Waals surface area contributed by atoms with Crippen molar-refractivity contribution in [1.82, 2.24) is 4.90 Å². The number of hydrogen-bond donors (Lipinski definition) is 1. The number of likely N-dealkylation sites (tertiary alicyclic amines) is 1. The number of hydrogen-bond acceptors (Lipinski definition) is 4. The van der Waals surface area contributed by atoms with Crippen LogP contribution in [0.4, 0.5) is 4.79 Å². The predicted octanol–water partition coefficient (Wildman–Crippen LogP) is 2.98. The topological polar surface area (TPSA) is 59.0 Å². The van der Waals surface area contributed by atoms with Gasteiger partial charge in [-0.05, 0) is 45.2 Å². The van der Waals surface area contributed by atoms with Crippen LogP contribution in [0.3, 0.4) is 0 Å². The average Bonchev–Trinajstić information content (AvgIpc) is 2.65. The number of carbonyl (C=O) groups excluding carboxylic acids is 1. The van der Waals surface area contributed by atoms with Crippen LogP contribution in [-0.2, 0) is 9.16 Å². The summed E-state index contributed by atoms with van der Waals surface area (Å²) in [6.07, 6.45) is 0.250.